The molecular formula is C15H23NO3S. The van der Waals surface area contributed by atoms with E-state index in [9.17, 15) is 9.59 Å². The van der Waals surface area contributed by atoms with E-state index in [4.69, 9.17) is 4.74 Å². The summed E-state index contributed by atoms with van der Waals surface area (Å²) >= 11 is 1.49. The third-order valence-electron chi connectivity index (χ3n) is 2.81. The zero-order chi connectivity index (χ0) is 15.3. The molecule has 0 aromatic rings. The third kappa shape index (κ3) is 5.04. The highest BCUT2D eigenvalue weighted by Gasteiger charge is 2.26. The van der Waals surface area contributed by atoms with Crippen molar-refractivity contribution in [3.8, 4) is 0 Å². The van der Waals surface area contributed by atoms with Gasteiger partial charge in [-0.2, -0.15) is 0 Å². The molecule has 0 aromatic carbocycles. The monoisotopic (exact) mass is 297 g/mol. The molecule has 0 bridgehead atoms. The van der Waals surface area contributed by atoms with E-state index >= 15 is 0 Å². The molecule has 0 radical (unpaired) electrons. The number of nitrogens with zero attached hydrogens (tertiary/aromatic N) is 1. The minimum atomic E-state index is -0.473. The molecule has 0 fully saturated rings. The van der Waals surface area contributed by atoms with E-state index in [1.54, 1.807) is 11.0 Å². The van der Waals surface area contributed by atoms with Gasteiger partial charge in [0.25, 0.3) is 0 Å². The number of rotatable bonds is 3. The van der Waals surface area contributed by atoms with Gasteiger partial charge in [-0.1, -0.05) is 17.8 Å². The topological polar surface area (TPSA) is 46.6 Å². The van der Waals surface area contributed by atoms with Gasteiger partial charge in [-0.25, -0.2) is 4.79 Å². The number of aldehydes is 1. The molecule has 0 saturated heterocycles. The summed E-state index contributed by atoms with van der Waals surface area (Å²) in [5, 5.41) is 0. The second kappa shape index (κ2) is 6.97. The molecule has 0 saturated carbocycles. The van der Waals surface area contributed by atoms with Crippen LogP contribution in [-0.2, 0) is 9.53 Å². The van der Waals surface area contributed by atoms with Crippen molar-refractivity contribution in [1.29, 1.82) is 0 Å². The fourth-order valence-electron chi connectivity index (χ4n) is 1.82. The van der Waals surface area contributed by atoms with Gasteiger partial charge in [-0.15, -0.1) is 0 Å². The Morgan fingerprint density at radius 3 is 2.50 bits per heavy atom. The van der Waals surface area contributed by atoms with Crippen LogP contribution in [0.3, 0.4) is 0 Å². The van der Waals surface area contributed by atoms with Crippen LogP contribution in [0.25, 0.3) is 0 Å². The predicted molar refractivity (Wildman–Crippen MR) is 82.5 cm³/mol. The van der Waals surface area contributed by atoms with E-state index in [1.807, 2.05) is 34.6 Å². The number of thioether (sulfide) groups is 1. The van der Waals surface area contributed by atoms with Gasteiger partial charge in [0.1, 0.15) is 5.60 Å². The lowest BCUT2D eigenvalue weighted by Gasteiger charge is -2.31. The van der Waals surface area contributed by atoms with Crippen LogP contribution in [0.1, 0.15) is 41.0 Å². The van der Waals surface area contributed by atoms with Crippen molar-refractivity contribution in [2.45, 2.75) is 46.6 Å². The molecule has 0 unspecified atom stereocenters. The quantitative estimate of drug-likeness (QED) is 0.588. The Bertz CT molecular complexity index is 447. The molecule has 0 spiro atoms. The Kier molecular flexibility index (Phi) is 5.87. The molecule has 20 heavy (non-hydrogen) atoms. The molecule has 0 aliphatic carbocycles. The molecule has 0 atom stereocenters. The van der Waals surface area contributed by atoms with Crippen LogP contribution in [0.15, 0.2) is 21.5 Å². The van der Waals surface area contributed by atoms with Crippen LogP contribution in [0.5, 0.6) is 0 Å². The van der Waals surface area contributed by atoms with Gasteiger partial charge < -0.3 is 9.64 Å². The third-order valence-corrected chi connectivity index (χ3v) is 4.17. The van der Waals surface area contributed by atoms with Crippen molar-refractivity contribution < 1.29 is 14.3 Å². The van der Waals surface area contributed by atoms with E-state index in [1.165, 1.54) is 16.7 Å². The summed E-state index contributed by atoms with van der Waals surface area (Å²) in [5.74, 6) is 0. The number of amides is 1. The maximum Gasteiger partial charge on any atom is 0.410 e. The average molecular weight is 297 g/mol. The largest absolute Gasteiger partial charge is 0.444 e. The van der Waals surface area contributed by atoms with E-state index < -0.39 is 5.60 Å². The Balaban J connectivity index is 2.69. The lowest BCUT2D eigenvalue weighted by atomic mass is 10.1. The molecule has 1 aliphatic heterocycles. The molecule has 4 nitrogen and oxygen atoms in total. The summed E-state index contributed by atoms with van der Waals surface area (Å²) in [7, 11) is 0. The second-order valence-electron chi connectivity index (χ2n) is 5.77. The van der Waals surface area contributed by atoms with E-state index in [0.717, 1.165) is 18.3 Å². The molecular weight excluding hydrogens is 274 g/mol. The van der Waals surface area contributed by atoms with Crippen molar-refractivity contribution in [3.63, 3.8) is 0 Å². The number of carbonyl (C=O) groups is 2. The van der Waals surface area contributed by atoms with Gasteiger partial charge >= 0.3 is 6.09 Å². The highest BCUT2D eigenvalue weighted by molar-refractivity contribution is 8.07. The van der Waals surface area contributed by atoms with E-state index in [0.29, 0.717) is 18.0 Å². The van der Waals surface area contributed by atoms with Gasteiger partial charge in [-0.3, -0.25) is 4.79 Å². The molecule has 0 aromatic heterocycles. The summed E-state index contributed by atoms with van der Waals surface area (Å²) < 4.78 is 5.37. The number of hydrogen-bond donors (Lipinski definition) is 0. The fraction of sp³-hybridized carbons (Fsp3) is 0.600. The van der Waals surface area contributed by atoms with Crippen molar-refractivity contribution >= 4 is 24.1 Å². The zero-order valence-corrected chi connectivity index (χ0v) is 13.7. The van der Waals surface area contributed by atoms with Gasteiger partial charge in [0.15, 0.2) is 6.29 Å². The van der Waals surface area contributed by atoms with Crippen LogP contribution in [0.4, 0.5) is 4.79 Å². The maximum atomic E-state index is 12.0. The average Bonchev–Trinajstić information content (AvgIpc) is 2.35. The van der Waals surface area contributed by atoms with Crippen molar-refractivity contribution in [2.75, 3.05) is 13.1 Å². The molecule has 5 heteroatoms. The number of carbonyl (C=O) groups excluding carboxylic acids is 2. The van der Waals surface area contributed by atoms with Crippen LogP contribution in [-0.4, -0.2) is 36.0 Å². The molecule has 0 N–H and O–H groups in total. The predicted octanol–water partition coefficient (Wildman–Crippen LogP) is 3.74. The summed E-state index contributed by atoms with van der Waals surface area (Å²) in [5.41, 5.74) is 0.646. The molecule has 1 amide bonds. The van der Waals surface area contributed by atoms with Crippen LogP contribution in [0.2, 0.25) is 0 Å². The molecule has 112 valence electrons. The highest BCUT2D eigenvalue weighted by Crippen LogP contribution is 2.32. The Hall–Kier alpha value is -1.23. The van der Waals surface area contributed by atoms with Gasteiger partial charge in [0, 0.05) is 18.0 Å². The number of allylic oxidation sites excluding steroid dienone is 2. The van der Waals surface area contributed by atoms with E-state index in [-0.39, 0.29) is 6.09 Å². The summed E-state index contributed by atoms with van der Waals surface area (Å²) in [6.07, 6.45) is 3.16. The first kappa shape index (κ1) is 16.8. The SMILES string of the molecule is C/C=C(/C=O)SC1=C(C)CN(C(=O)OC(C)(C)C)CC1. The first-order valence-corrected chi connectivity index (χ1v) is 7.54. The van der Waals surface area contributed by atoms with Crippen LogP contribution >= 0.6 is 11.8 Å². The number of ether oxygens (including phenoxy) is 1. The zero-order valence-electron chi connectivity index (χ0n) is 12.9. The summed E-state index contributed by atoms with van der Waals surface area (Å²) in [6, 6.07) is 0. The smallest absolute Gasteiger partial charge is 0.410 e. The lowest BCUT2D eigenvalue weighted by Crippen LogP contribution is -2.40. The fourth-order valence-corrected chi connectivity index (χ4v) is 2.70. The van der Waals surface area contributed by atoms with Crippen molar-refractivity contribution in [3.05, 3.63) is 21.5 Å². The normalized spacial score (nSPS) is 17.2. The maximum absolute atomic E-state index is 12.0. The minimum Gasteiger partial charge on any atom is -0.444 e. The van der Waals surface area contributed by atoms with Crippen LogP contribution < -0.4 is 0 Å². The molecule has 1 aliphatic rings. The minimum absolute atomic E-state index is 0.275. The molecule has 1 heterocycles. The Morgan fingerprint density at radius 2 is 2.05 bits per heavy atom. The van der Waals surface area contributed by atoms with E-state index in [2.05, 4.69) is 0 Å². The number of hydrogen-bond acceptors (Lipinski definition) is 4. The van der Waals surface area contributed by atoms with Gasteiger partial charge in [0.05, 0.1) is 0 Å². The second-order valence-corrected chi connectivity index (χ2v) is 6.93. The van der Waals surface area contributed by atoms with Gasteiger partial charge in [-0.05, 0) is 51.5 Å². The summed E-state index contributed by atoms with van der Waals surface area (Å²) in [4.78, 5) is 26.5. The van der Waals surface area contributed by atoms with Gasteiger partial charge in [0.2, 0.25) is 0 Å². The Morgan fingerprint density at radius 1 is 1.40 bits per heavy atom. The first-order valence-electron chi connectivity index (χ1n) is 6.72. The summed E-state index contributed by atoms with van der Waals surface area (Å²) in [6.45, 7) is 10.6. The highest BCUT2D eigenvalue weighted by atomic mass is 32.2. The van der Waals surface area contributed by atoms with Crippen LogP contribution in [0, 0.1) is 0 Å². The molecule has 1 rings (SSSR count). The first-order chi connectivity index (χ1) is 9.26. The Labute approximate surface area is 125 Å². The lowest BCUT2D eigenvalue weighted by molar-refractivity contribution is -0.104. The van der Waals surface area contributed by atoms with Crippen molar-refractivity contribution in [1.82, 2.24) is 4.90 Å². The van der Waals surface area contributed by atoms with Crippen molar-refractivity contribution in [2.24, 2.45) is 0 Å². The standard InChI is InChI=1S/C15H23NO3S/c1-6-12(10-17)20-13-7-8-16(9-11(13)2)14(18)19-15(3,4)5/h6,10H,7-9H2,1-5H3/b12-6-.